The third-order valence-electron chi connectivity index (χ3n) is 2.62. The number of hydrogen-bond acceptors (Lipinski definition) is 8. The summed E-state index contributed by atoms with van der Waals surface area (Å²) in [4.78, 5) is 32.4. The number of amidine groups is 1. The molecule has 1 saturated heterocycles. The highest BCUT2D eigenvalue weighted by atomic mass is 32.2. The van der Waals surface area contributed by atoms with Gasteiger partial charge in [0.25, 0.3) is 5.91 Å². The fourth-order valence-corrected chi connectivity index (χ4v) is 2.28. The molecule has 0 atom stereocenters. The number of rotatable bonds is 4. The monoisotopic (exact) mass is 352 g/mol. The van der Waals surface area contributed by atoms with Crippen molar-refractivity contribution in [3.63, 3.8) is 0 Å². The lowest BCUT2D eigenvalue weighted by molar-refractivity contribution is -0.387. The summed E-state index contributed by atoms with van der Waals surface area (Å²) in [7, 11) is 1.18. The van der Waals surface area contributed by atoms with Gasteiger partial charge in [-0.05, 0) is 29.5 Å². The number of nitrogens with zero attached hydrogens (tertiary/aromatic N) is 3. The highest BCUT2D eigenvalue weighted by Crippen LogP contribution is 2.23. The van der Waals surface area contributed by atoms with Crippen LogP contribution >= 0.6 is 11.8 Å². The van der Waals surface area contributed by atoms with Crippen LogP contribution in [-0.2, 0) is 14.3 Å². The SMILES string of the molecule is COC(=O)/C=C1/S/C(=N\N=Cc2ccc([N+](=O)[O-])c(F)c2)NC1=O. The lowest BCUT2D eigenvalue weighted by atomic mass is 10.2. The molecule has 0 saturated carbocycles. The van der Waals surface area contributed by atoms with Gasteiger partial charge in [-0.1, -0.05) is 0 Å². The maximum Gasteiger partial charge on any atom is 0.331 e. The highest BCUT2D eigenvalue weighted by molar-refractivity contribution is 8.18. The van der Waals surface area contributed by atoms with Crippen LogP contribution in [0.5, 0.6) is 0 Å². The minimum Gasteiger partial charge on any atom is -0.466 e. The smallest absolute Gasteiger partial charge is 0.331 e. The van der Waals surface area contributed by atoms with Crippen molar-refractivity contribution >= 4 is 40.7 Å². The van der Waals surface area contributed by atoms with Crippen LogP contribution in [0.25, 0.3) is 0 Å². The Morgan fingerprint density at radius 3 is 2.88 bits per heavy atom. The lowest BCUT2D eigenvalue weighted by Gasteiger charge is -1.95. The Balaban J connectivity index is 2.09. The van der Waals surface area contributed by atoms with Crippen LogP contribution in [0.4, 0.5) is 10.1 Å². The van der Waals surface area contributed by atoms with Crippen molar-refractivity contribution < 1.29 is 23.6 Å². The number of nitrogens with one attached hydrogen (secondary N) is 1. The fourth-order valence-electron chi connectivity index (χ4n) is 1.54. The number of benzene rings is 1. The van der Waals surface area contributed by atoms with Gasteiger partial charge in [0, 0.05) is 12.1 Å². The van der Waals surface area contributed by atoms with Gasteiger partial charge in [0.1, 0.15) is 0 Å². The number of carbonyl (C=O) groups is 2. The van der Waals surface area contributed by atoms with Crippen molar-refractivity contribution in [2.75, 3.05) is 7.11 Å². The largest absolute Gasteiger partial charge is 0.466 e. The lowest BCUT2D eigenvalue weighted by Crippen LogP contribution is -2.19. The summed E-state index contributed by atoms with van der Waals surface area (Å²) in [6, 6.07) is 3.24. The predicted octanol–water partition coefficient (Wildman–Crippen LogP) is 1.34. The molecule has 9 nitrogen and oxygen atoms in total. The molecule has 0 aromatic heterocycles. The molecule has 0 radical (unpaired) electrons. The average molecular weight is 352 g/mol. The maximum atomic E-state index is 13.4. The second-order valence-electron chi connectivity index (χ2n) is 4.21. The van der Waals surface area contributed by atoms with Gasteiger partial charge in [0.15, 0.2) is 5.17 Å². The summed E-state index contributed by atoms with van der Waals surface area (Å²) in [5.74, 6) is -2.21. The minimum absolute atomic E-state index is 0.0946. The predicted molar refractivity (Wildman–Crippen MR) is 83.9 cm³/mol. The number of amides is 1. The third kappa shape index (κ3) is 4.23. The highest BCUT2D eigenvalue weighted by Gasteiger charge is 2.25. The van der Waals surface area contributed by atoms with Crippen LogP contribution < -0.4 is 5.32 Å². The number of halogens is 1. The summed E-state index contributed by atoms with van der Waals surface area (Å²) in [6.07, 6.45) is 2.17. The summed E-state index contributed by atoms with van der Waals surface area (Å²) in [5.41, 5.74) is -0.392. The fraction of sp³-hybridized carbons (Fsp3) is 0.0769. The second kappa shape index (κ2) is 7.46. The first-order chi connectivity index (χ1) is 11.4. The van der Waals surface area contributed by atoms with Gasteiger partial charge in [-0.2, -0.15) is 9.49 Å². The number of hydrogen-bond donors (Lipinski definition) is 1. The van der Waals surface area contributed by atoms with Gasteiger partial charge >= 0.3 is 11.7 Å². The van der Waals surface area contributed by atoms with Gasteiger partial charge in [0.05, 0.1) is 23.2 Å². The van der Waals surface area contributed by atoms with Crippen molar-refractivity contribution in [1.29, 1.82) is 0 Å². The molecule has 1 amide bonds. The zero-order valence-corrected chi connectivity index (χ0v) is 12.9. The number of nitro benzene ring substituents is 1. The molecule has 1 aromatic carbocycles. The van der Waals surface area contributed by atoms with Gasteiger partial charge in [-0.25, -0.2) is 4.79 Å². The van der Waals surface area contributed by atoms with E-state index in [1.165, 1.54) is 13.2 Å². The standard InChI is InChI=1S/C13H9FN4O5S/c1-23-11(19)5-10-12(20)16-13(24-10)17-15-6-7-2-3-9(18(21)22)8(14)4-7/h2-6H,1H3,(H,16,17,20)/b10-5+,15-6?. The minimum atomic E-state index is -0.997. The summed E-state index contributed by atoms with van der Waals surface area (Å²) >= 11 is 0.880. The number of methoxy groups -OCH3 is 1. The van der Waals surface area contributed by atoms with E-state index < -0.39 is 28.3 Å². The number of esters is 1. The second-order valence-corrected chi connectivity index (χ2v) is 5.24. The Bertz CT molecular complexity index is 806. The van der Waals surface area contributed by atoms with Gasteiger partial charge < -0.3 is 4.74 Å². The van der Waals surface area contributed by atoms with Gasteiger partial charge in [0.2, 0.25) is 5.82 Å². The maximum absolute atomic E-state index is 13.4. The Labute approximate surface area is 138 Å². The molecule has 11 heteroatoms. The third-order valence-corrected chi connectivity index (χ3v) is 3.53. The molecule has 124 valence electrons. The molecule has 1 fully saturated rings. The van der Waals surface area contributed by atoms with E-state index in [4.69, 9.17) is 0 Å². The molecule has 1 aliphatic rings. The van der Waals surface area contributed by atoms with Crippen LogP contribution in [0.15, 0.2) is 39.4 Å². The van der Waals surface area contributed by atoms with Crippen LogP contribution in [0.3, 0.4) is 0 Å². The van der Waals surface area contributed by atoms with E-state index in [1.54, 1.807) is 0 Å². The molecule has 1 aromatic rings. The first kappa shape index (κ1) is 17.3. The van der Waals surface area contributed by atoms with Crippen molar-refractivity contribution in [1.82, 2.24) is 5.32 Å². The van der Waals surface area contributed by atoms with Crippen molar-refractivity contribution in [2.24, 2.45) is 10.2 Å². The van der Waals surface area contributed by atoms with Crippen molar-refractivity contribution in [3.05, 3.63) is 50.7 Å². The van der Waals surface area contributed by atoms with E-state index in [2.05, 4.69) is 20.3 Å². The Kier molecular flexibility index (Phi) is 5.37. The Morgan fingerprint density at radius 2 is 2.25 bits per heavy atom. The Hall–Kier alpha value is -3.08. The number of carbonyl (C=O) groups excluding carboxylic acids is 2. The quantitative estimate of drug-likeness (QED) is 0.287. The molecule has 1 aliphatic heterocycles. The number of nitro groups is 1. The molecule has 24 heavy (non-hydrogen) atoms. The van der Waals surface area contributed by atoms with E-state index in [9.17, 15) is 24.1 Å². The first-order valence-corrected chi connectivity index (χ1v) is 7.06. The van der Waals surface area contributed by atoms with Crippen LogP contribution in [0.1, 0.15) is 5.56 Å². The van der Waals surface area contributed by atoms with Crippen LogP contribution in [0.2, 0.25) is 0 Å². The number of thioether (sulfide) groups is 1. The Morgan fingerprint density at radius 1 is 1.50 bits per heavy atom. The summed E-state index contributed by atoms with van der Waals surface area (Å²) in [5, 5.41) is 20.4. The molecule has 0 bridgehead atoms. The molecular weight excluding hydrogens is 343 g/mol. The molecular formula is C13H9FN4O5S. The number of ether oxygens (including phenoxy) is 1. The summed E-state index contributed by atoms with van der Waals surface area (Å²) in [6.45, 7) is 0. The molecule has 0 aliphatic carbocycles. The van der Waals surface area contributed by atoms with E-state index in [-0.39, 0.29) is 15.6 Å². The molecule has 0 unspecified atom stereocenters. The van der Waals surface area contributed by atoms with Crippen molar-refractivity contribution in [3.8, 4) is 0 Å². The molecule has 1 heterocycles. The average Bonchev–Trinajstić information content (AvgIpc) is 2.86. The topological polar surface area (TPSA) is 123 Å². The summed E-state index contributed by atoms with van der Waals surface area (Å²) < 4.78 is 17.8. The normalized spacial score (nSPS) is 17.5. The van der Waals surface area contributed by atoms with E-state index in [0.29, 0.717) is 0 Å². The van der Waals surface area contributed by atoms with E-state index >= 15 is 0 Å². The molecule has 1 N–H and O–H groups in total. The molecule has 0 spiro atoms. The van der Waals surface area contributed by atoms with Crippen molar-refractivity contribution in [2.45, 2.75) is 0 Å². The van der Waals surface area contributed by atoms with Gasteiger partial charge in [-0.15, -0.1) is 5.10 Å². The zero-order valence-electron chi connectivity index (χ0n) is 12.1. The van der Waals surface area contributed by atoms with E-state index in [0.717, 1.165) is 36.2 Å². The van der Waals surface area contributed by atoms with Gasteiger partial charge in [-0.3, -0.25) is 20.2 Å². The van der Waals surface area contributed by atoms with Crippen LogP contribution in [-0.4, -0.2) is 35.3 Å². The zero-order chi connectivity index (χ0) is 17.7. The molecule has 2 rings (SSSR count). The first-order valence-electron chi connectivity index (χ1n) is 6.24. The van der Waals surface area contributed by atoms with E-state index in [1.807, 2.05) is 0 Å². The van der Waals surface area contributed by atoms with Crippen LogP contribution in [0, 0.1) is 15.9 Å².